The third-order valence-corrected chi connectivity index (χ3v) is 4.52. The predicted molar refractivity (Wildman–Crippen MR) is 100 cm³/mol. The Hall–Kier alpha value is -3.12. The number of carbonyl (C=O) groups is 2. The number of likely N-dealkylation sites (tertiary alicyclic amines) is 1. The number of hydrogen-bond donors (Lipinski definition) is 2. The highest BCUT2D eigenvalue weighted by molar-refractivity contribution is 6.46. The van der Waals surface area contributed by atoms with Crippen molar-refractivity contribution < 1.29 is 24.5 Å². The van der Waals surface area contributed by atoms with Crippen molar-refractivity contribution in [2.45, 2.75) is 12.5 Å². The Labute approximate surface area is 157 Å². The first-order valence-electron chi connectivity index (χ1n) is 8.66. The Morgan fingerprint density at radius 1 is 1.11 bits per heavy atom. The largest absolute Gasteiger partial charge is 0.508 e. The first-order valence-corrected chi connectivity index (χ1v) is 8.66. The summed E-state index contributed by atoms with van der Waals surface area (Å²) in [4.78, 5) is 26.8. The van der Waals surface area contributed by atoms with Crippen molar-refractivity contribution >= 4 is 17.4 Å². The maximum absolute atomic E-state index is 12.7. The number of rotatable bonds is 6. The van der Waals surface area contributed by atoms with Gasteiger partial charge in [-0.1, -0.05) is 42.5 Å². The highest BCUT2D eigenvalue weighted by atomic mass is 16.5. The molecule has 27 heavy (non-hydrogen) atoms. The number of aromatic hydroxyl groups is 1. The van der Waals surface area contributed by atoms with Gasteiger partial charge in [0.05, 0.1) is 11.6 Å². The molecule has 2 aromatic carbocycles. The van der Waals surface area contributed by atoms with Crippen LogP contribution in [0.25, 0.3) is 5.76 Å². The smallest absolute Gasteiger partial charge is 0.295 e. The van der Waals surface area contributed by atoms with E-state index in [1.165, 1.54) is 17.0 Å². The Kier molecular flexibility index (Phi) is 5.57. The summed E-state index contributed by atoms with van der Waals surface area (Å²) in [7, 11) is 1.57. The number of phenolic OH excluding ortho intramolecular Hbond substituents is 1. The van der Waals surface area contributed by atoms with Gasteiger partial charge in [-0.2, -0.15) is 0 Å². The van der Waals surface area contributed by atoms with Crippen LogP contribution in [0.1, 0.15) is 23.6 Å². The minimum Gasteiger partial charge on any atom is -0.508 e. The third kappa shape index (κ3) is 3.71. The summed E-state index contributed by atoms with van der Waals surface area (Å²) in [6, 6.07) is 14.2. The van der Waals surface area contributed by atoms with Crippen molar-refractivity contribution in [1.29, 1.82) is 0 Å². The fraction of sp³-hybridized carbons (Fsp3) is 0.238. The molecule has 0 radical (unpaired) electrons. The molecule has 140 valence electrons. The molecule has 6 heteroatoms. The second-order valence-electron chi connectivity index (χ2n) is 6.30. The summed E-state index contributed by atoms with van der Waals surface area (Å²) >= 11 is 0. The molecule has 1 atom stereocenters. The maximum atomic E-state index is 12.7. The lowest BCUT2D eigenvalue weighted by Gasteiger charge is -2.25. The average Bonchev–Trinajstić information content (AvgIpc) is 2.93. The number of hydrogen-bond acceptors (Lipinski definition) is 5. The fourth-order valence-corrected chi connectivity index (χ4v) is 3.28. The molecule has 3 rings (SSSR count). The van der Waals surface area contributed by atoms with Crippen molar-refractivity contribution in [3.8, 4) is 5.75 Å². The lowest BCUT2D eigenvalue weighted by Crippen LogP contribution is -2.31. The van der Waals surface area contributed by atoms with E-state index in [9.17, 15) is 19.8 Å². The number of Topliss-reactive ketones (excluding diaryl/α,β-unsaturated/α-hetero) is 1. The summed E-state index contributed by atoms with van der Waals surface area (Å²) in [5.74, 6) is -1.61. The van der Waals surface area contributed by atoms with Gasteiger partial charge in [0.25, 0.3) is 11.7 Å². The number of ketones is 1. The predicted octanol–water partition coefficient (Wildman–Crippen LogP) is 2.85. The van der Waals surface area contributed by atoms with Crippen LogP contribution in [-0.4, -0.2) is 47.1 Å². The van der Waals surface area contributed by atoms with Crippen LogP contribution in [0.3, 0.4) is 0 Å². The Morgan fingerprint density at radius 2 is 1.85 bits per heavy atom. The molecule has 1 aliphatic rings. The summed E-state index contributed by atoms with van der Waals surface area (Å²) < 4.78 is 5.04. The summed E-state index contributed by atoms with van der Waals surface area (Å²) in [6.45, 7) is 0.735. The van der Waals surface area contributed by atoms with Crippen LogP contribution in [-0.2, 0) is 14.3 Å². The van der Waals surface area contributed by atoms with Gasteiger partial charge in [-0.3, -0.25) is 9.59 Å². The number of ether oxygens (including phenoxy) is 1. The van der Waals surface area contributed by atoms with Gasteiger partial charge in [0, 0.05) is 25.8 Å². The number of aliphatic hydroxyl groups is 1. The summed E-state index contributed by atoms with van der Waals surface area (Å²) in [5.41, 5.74) is 1.04. The molecular formula is C21H21NO5. The summed E-state index contributed by atoms with van der Waals surface area (Å²) in [6.07, 6.45) is 0.546. The zero-order valence-electron chi connectivity index (χ0n) is 15.0. The van der Waals surface area contributed by atoms with Gasteiger partial charge in [0.1, 0.15) is 11.5 Å². The van der Waals surface area contributed by atoms with Gasteiger partial charge in [-0.05, 0) is 24.1 Å². The minimum absolute atomic E-state index is 0.0224. The van der Waals surface area contributed by atoms with Gasteiger partial charge < -0.3 is 19.8 Å². The maximum Gasteiger partial charge on any atom is 0.295 e. The molecule has 1 amide bonds. The van der Waals surface area contributed by atoms with Crippen LogP contribution in [0.2, 0.25) is 0 Å². The van der Waals surface area contributed by atoms with Gasteiger partial charge in [-0.25, -0.2) is 0 Å². The number of amides is 1. The number of aliphatic hydroxyl groups excluding tert-OH is 1. The molecule has 1 fully saturated rings. The average molecular weight is 367 g/mol. The van der Waals surface area contributed by atoms with Gasteiger partial charge in [0.15, 0.2) is 0 Å². The van der Waals surface area contributed by atoms with Crippen molar-refractivity contribution in [3.63, 3.8) is 0 Å². The lowest BCUT2D eigenvalue weighted by atomic mass is 9.95. The quantitative estimate of drug-likeness (QED) is 0.355. The van der Waals surface area contributed by atoms with E-state index in [1.807, 2.05) is 0 Å². The van der Waals surface area contributed by atoms with Crippen LogP contribution < -0.4 is 0 Å². The molecule has 2 N–H and O–H groups in total. The molecule has 0 aliphatic carbocycles. The zero-order valence-corrected chi connectivity index (χ0v) is 15.0. The Bertz CT molecular complexity index is 875. The van der Waals surface area contributed by atoms with Crippen LogP contribution in [0.4, 0.5) is 0 Å². The van der Waals surface area contributed by atoms with Gasteiger partial charge >= 0.3 is 0 Å². The van der Waals surface area contributed by atoms with E-state index in [2.05, 4.69) is 0 Å². The fourth-order valence-electron chi connectivity index (χ4n) is 3.28. The molecule has 1 heterocycles. The third-order valence-electron chi connectivity index (χ3n) is 4.52. The second-order valence-corrected chi connectivity index (χ2v) is 6.30. The molecule has 0 unspecified atom stereocenters. The van der Waals surface area contributed by atoms with E-state index in [0.717, 1.165) is 0 Å². The Morgan fingerprint density at radius 3 is 2.52 bits per heavy atom. The normalized spacial score (nSPS) is 18.9. The molecule has 1 saturated heterocycles. The first kappa shape index (κ1) is 18.7. The topological polar surface area (TPSA) is 87.1 Å². The second kappa shape index (κ2) is 8.05. The molecule has 6 nitrogen and oxygen atoms in total. The zero-order chi connectivity index (χ0) is 19.4. The standard InChI is InChI=1S/C21H21NO5/c1-27-12-6-11-22-18(15-9-5-10-16(23)13-15)17(20(25)21(22)26)19(24)14-7-3-2-4-8-14/h2-5,7-10,13,18,23-24H,6,11-12H2,1H3/b19-17+/t18-/m0/s1. The highest BCUT2D eigenvalue weighted by Crippen LogP contribution is 2.40. The lowest BCUT2D eigenvalue weighted by molar-refractivity contribution is -0.140. The van der Waals surface area contributed by atoms with E-state index in [1.54, 1.807) is 49.6 Å². The van der Waals surface area contributed by atoms with Gasteiger partial charge in [0.2, 0.25) is 0 Å². The van der Waals surface area contributed by atoms with E-state index in [0.29, 0.717) is 30.7 Å². The van der Waals surface area contributed by atoms with E-state index in [4.69, 9.17) is 4.74 Å². The number of phenols is 1. The van der Waals surface area contributed by atoms with Crippen molar-refractivity contribution in [1.82, 2.24) is 4.90 Å². The van der Waals surface area contributed by atoms with Crippen LogP contribution in [0, 0.1) is 0 Å². The van der Waals surface area contributed by atoms with E-state index in [-0.39, 0.29) is 17.1 Å². The molecular weight excluding hydrogens is 346 g/mol. The van der Waals surface area contributed by atoms with Crippen molar-refractivity contribution in [2.75, 3.05) is 20.3 Å². The first-order chi connectivity index (χ1) is 13.0. The number of benzene rings is 2. The van der Waals surface area contributed by atoms with E-state index < -0.39 is 17.7 Å². The molecule has 1 aliphatic heterocycles. The molecule has 0 spiro atoms. The Balaban J connectivity index is 2.12. The number of methoxy groups -OCH3 is 1. The van der Waals surface area contributed by atoms with Crippen LogP contribution in [0.5, 0.6) is 5.75 Å². The van der Waals surface area contributed by atoms with Crippen LogP contribution in [0.15, 0.2) is 60.2 Å². The number of carbonyl (C=O) groups excluding carboxylic acids is 2. The minimum atomic E-state index is -0.769. The molecule has 0 aromatic heterocycles. The van der Waals surface area contributed by atoms with Crippen molar-refractivity contribution in [2.24, 2.45) is 0 Å². The summed E-state index contributed by atoms with van der Waals surface area (Å²) in [5, 5.41) is 20.7. The molecule has 2 aromatic rings. The van der Waals surface area contributed by atoms with Gasteiger partial charge in [-0.15, -0.1) is 0 Å². The SMILES string of the molecule is COCCCN1C(=O)C(=O)/C(=C(/O)c2ccccc2)[C@@H]1c1cccc(O)c1. The van der Waals surface area contributed by atoms with E-state index >= 15 is 0 Å². The number of nitrogens with zero attached hydrogens (tertiary/aromatic N) is 1. The molecule has 0 bridgehead atoms. The van der Waals surface area contributed by atoms with Crippen LogP contribution >= 0.6 is 0 Å². The monoisotopic (exact) mass is 367 g/mol. The molecule has 0 saturated carbocycles. The highest BCUT2D eigenvalue weighted by Gasteiger charge is 2.45. The van der Waals surface area contributed by atoms with Crippen molar-refractivity contribution in [3.05, 3.63) is 71.3 Å².